The lowest BCUT2D eigenvalue weighted by Crippen LogP contribution is -2.20. The Labute approximate surface area is 149 Å². The monoisotopic (exact) mass is 361 g/mol. The second kappa shape index (κ2) is 7.74. The van der Waals surface area contributed by atoms with E-state index in [0.717, 1.165) is 25.7 Å². The van der Waals surface area contributed by atoms with Crippen LogP contribution in [0.5, 0.6) is 0 Å². The molecule has 1 saturated carbocycles. The summed E-state index contributed by atoms with van der Waals surface area (Å²) in [6, 6.07) is 4.57. The topological polar surface area (TPSA) is 71.1 Å². The van der Waals surface area contributed by atoms with Crippen molar-refractivity contribution in [3.05, 3.63) is 40.7 Å². The Morgan fingerprint density at radius 3 is 2.76 bits per heavy atom. The van der Waals surface area contributed by atoms with Crippen molar-refractivity contribution in [3.8, 4) is 0 Å². The Morgan fingerprint density at radius 2 is 2.04 bits per heavy atom. The molecule has 1 aromatic carbocycles. The molecule has 132 valence electrons. The lowest BCUT2D eigenvalue weighted by molar-refractivity contribution is -0.119. The van der Waals surface area contributed by atoms with E-state index in [1.165, 1.54) is 17.4 Å². The number of nitrogens with zero attached hydrogens (tertiary/aromatic N) is 1. The van der Waals surface area contributed by atoms with Gasteiger partial charge in [-0.3, -0.25) is 9.59 Å². The Morgan fingerprint density at radius 1 is 1.28 bits per heavy atom. The summed E-state index contributed by atoms with van der Waals surface area (Å²) >= 11 is 1.31. The van der Waals surface area contributed by atoms with Gasteiger partial charge in [-0.1, -0.05) is 18.9 Å². The number of aryl methyl sites for hydroxylation is 1. The van der Waals surface area contributed by atoms with Gasteiger partial charge in [0.1, 0.15) is 5.82 Å². The minimum atomic E-state index is -0.358. The first-order valence-electron chi connectivity index (χ1n) is 8.32. The highest BCUT2D eigenvalue weighted by Crippen LogP contribution is 2.26. The molecule has 0 atom stereocenters. The molecule has 5 nitrogen and oxygen atoms in total. The average molecular weight is 361 g/mol. The number of thiazole rings is 1. The molecular formula is C18H20FN3O2S. The number of hydrogen-bond acceptors (Lipinski definition) is 4. The molecule has 0 radical (unpaired) electrons. The number of rotatable bonds is 5. The number of carbonyl (C=O) groups excluding carboxylic acids is 2. The Bertz CT molecular complexity index is 784. The highest BCUT2D eigenvalue weighted by Gasteiger charge is 2.23. The number of amides is 2. The SMILES string of the molecule is Cc1ccc(NC(=O)Cc2csc(NC(=O)C3CCCC3)n2)cc1F. The van der Waals surface area contributed by atoms with Crippen LogP contribution in [0.3, 0.4) is 0 Å². The van der Waals surface area contributed by atoms with Crippen LogP contribution in [-0.4, -0.2) is 16.8 Å². The Kier molecular flexibility index (Phi) is 5.43. The number of nitrogens with one attached hydrogen (secondary N) is 2. The second-order valence-corrected chi connectivity index (χ2v) is 7.16. The van der Waals surface area contributed by atoms with Crippen LogP contribution < -0.4 is 10.6 Å². The maximum absolute atomic E-state index is 13.5. The van der Waals surface area contributed by atoms with Crippen LogP contribution in [0.25, 0.3) is 0 Å². The summed E-state index contributed by atoms with van der Waals surface area (Å²) in [6.07, 6.45) is 4.13. The maximum atomic E-state index is 13.5. The molecule has 3 rings (SSSR count). The fourth-order valence-corrected chi connectivity index (χ4v) is 3.59. The van der Waals surface area contributed by atoms with Gasteiger partial charge >= 0.3 is 0 Å². The van der Waals surface area contributed by atoms with E-state index in [-0.39, 0.29) is 30.0 Å². The lowest BCUT2D eigenvalue weighted by atomic mass is 10.1. The largest absolute Gasteiger partial charge is 0.326 e. The Hall–Kier alpha value is -2.28. The third-order valence-electron chi connectivity index (χ3n) is 4.31. The fraction of sp³-hybridized carbons (Fsp3) is 0.389. The molecule has 25 heavy (non-hydrogen) atoms. The first-order valence-corrected chi connectivity index (χ1v) is 9.20. The molecule has 0 unspecified atom stereocenters. The molecule has 0 spiro atoms. The minimum absolute atomic E-state index is 0.0120. The van der Waals surface area contributed by atoms with Crippen LogP contribution >= 0.6 is 11.3 Å². The Balaban J connectivity index is 1.54. The molecule has 1 fully saturated rings. The molecule has 0 aliphatic heterocycles. The highest BCUT2D eigenvalue weighted by molar-refractivity contribution is 7.13. The highest BCUT2D eigenvalue weighted by atomic mass is 32.1. The van der Waals surface area contributed by atoms with Gasteiger partial charge < -0.3 is 10.6 Å². The number of anilines is 2. The van der Waals surface area contributed by atoms with E-state index in [9.17, 15) is 14.0 Å². The van der Waals surface area contributed by atoms with E-state index in [1.54, 1.807) is 24.4 Å². The van der Waals surface area contributed by atoms with Crippen molar-refractivity contribution in [3.63, 3.8) is 0 Å². The van der Waals surface area contributed by atoms with E-state index in [4.69, 9.17) is 0 Å². The molecule has 1 aliphatic carbocycles. The van der Waals surface area contributed by atoms with Crippen LogP contribution in [0, 0.1) is 18.7 Å². The molecule has 7 heteroatoms. The van der Waals surface area contributed by atoms with Gasteiger partial charge in [0.15, 0.2) is 5.13 Å². The third kappa shape index (κ3) is 4.63. The number of aromatic nitrogens is 1. The van der Waals surface area contributed by atoms with Crippen molar-refractivity contribution in [1.82, 2.24) is 4.98 Å². The van der Waals surface area contributed by atoms with Crippen molar-refractivity contribution in [1.29, 1.82) is 0 Å². The van der Waals surface area contributed by atoms with Crippen molar-refractivity contribution < 1.29 is 14.0 Å². The van der Waals surface area contributed by atoms with Gasteiger partial charge in [0, 0.05) is 17.0 Å². The van der Waals surface area contributed by atoms with Crippen LogP contribution in [0.1, 0.15) is 36.9 Å². The quantitative estimate of drug-likeness (QED) is 0.848. The molecule has 2 amide bonds. The summed E-state index contributed by atoms with van der Waals surface area (Å²) in [5.74, 6) is -0.546. The predicted molar refractivity (Wildman–Crippen MR) is 96.2 cm³/mol. The molecule has 2 N–H and O–H groups in total. The zero-order valence-electron chi connectivity index (χ0n) is 14.0. The summed E-state index contributed by atoms with van der Waals surface area (Å²) < 4.78 is 13.5. The van der Waals surface area contributed by atoms with Gasteiger partial charge in [-0.15, -0.1) is 11.3 Å². The van der Waals surface area contributed by atoms with Gasteiger partial charge in [-0.2, -0.15) is 0 Å². The van der Waals surface area contributed by atoms with Gasteiger partial charge in [-0.05, 0) is 37.5 Å². The zero-order valence-corrected chi connectivity index (χ0v) is 14.8. The smallest absolute Gasteiger partial charge is 0.230 e. The van der Waals surface area contributed by atoms with Crippen LogP contribution in [0.4, 0.5) is 15.2 Å². The van der Waals surface area contributed by atoms with E-state index in [2.05, 4.69) is 15.6 Å². The first kappa shape index (κ1) is 17.5. The van der Waals surface area contributed by atoms with Crippen LogP contribution in [0.2, 0.25) is 0 Å². The van der Waals surface area contributed by atoms with Crippen molar-refractivity contribution in [2.45, 2.75) is 39.0 Å². The van der Waals surface area contributed by atoms with Crippen molar-refractivity contribution in [2.75, 3.05) is 10.6 Å². The van der Waals surface area contributed by atoms with Gasteiger partial charge in [0.25, 0.3) is 0 Å². The van der Waals surface area contributed by atoms with Crippen LogP contribution in [-0.2, 0) is 16.0 Å². The van der Waals surface area contributed by atoms with E-state index in [1.807, 2.05) is 0 Å². The summed E-state index contributed by atoms with van der Waals surface area (Å²) in [7, 11) is 0. The first-order chi connectivity index (χ1) is 12.0. The summed E-state index contributed by atoms with van der Waals surface area (Å²) in [5, 5.41) is 7.74. The van der Waals surface area contributed by atoms with Gasteiger partial charge in [0.2, 0.25) is 11.8 Å². The van der Waals surface area contributed by atoms with Crippen molar-refractivity contribution >= 4 is 34.0 Å². The van der Waals surface area contributed by atoms with Gasteiger partial charge in [0.05, 0.1) is 12.1 Å². The molecule has 2 aromatic rings. The predicted octanol–water partition coefficient (Wildman–Crippen LogP) is 3.90. The molecule has 1 heterocycles. The standard InChI is InChI=1S/C18H20FN3O2S/c1-11-6-7-13(8-15(11)19)20-16(23)9-14-10-25-18(21-14)22-17(24)12-4-2-3-5-12/h6-8,10,12H,2-5,9H2,1H3,(H,20,23)(H,21,22,24). The zero-order chi connectivity index (χ0) is 17.8. The molecular weight excluding hydrogens is 341 g/mol. The number of carbonyl (C=O) groups is 2. The molecule has 1 aromatic heterocycles. The van der Waals surface area contributed by atoms with Crippen LogP contribution in [0.15, 0.2) is 23.6 Å². The number of halogens is 1. The summed E-state index contributed by atoms with van der Waals surface area (Å²) in [6.45, 7) is 1.66. The van der Waals surface area contributed by atoms with E-state index < -0.39 is 0 Å². The molecule has 1 aliphatic rings. The summed E-state index contributed by atoms with van der Waals surface area (Å²) in [5.41, 5.74) is 1.52. The maximum Gasteiger partial charge on any atom is 0.230 e. The summed E-state index contributed by atoms with van der Waals surface area (Å²) in [4.78, 5) is 28.4. The number of hydrogen-bond donors (Lipinski definition) is 2. The minimum Gasteiger partial charge on any atom is -0.326 e. The molecule has 0 bridgehead atoms. The van der Waals surface area contributed by atoms with E-state index in [0.29, 0.717) is 22.1 Å². The second-order valence-electron chi connectivity index (χ2n) is 6.30. The lowest BCUT2D eigenvalue weighted by Gasteiger charge is -2.07. The third-order valence-corrected chi connectivity index (χ3v) is 5.11. The number of benzene rings is 1. The van der Waals surface area contributed by atoms with Gasteiger partial charge in [-0.25, -0.2) is 9.37 Å². The van der Waals surface area contributed by atoms with Crippen molar-refractivity contribution in [2.24, 2.45) is 5.92 Å². The fourth-order valence-electron chi connectivity index (χ4n) is 2.88. The molecule has 0 saturated heterocycles. The normalized spacial score (nSPS) is 14.5. The van der Waals surface area contributed by atoms with E-state index >= 15 is 0 Å². The average Bonchev–Trinajstić information content (AvgIpc) is 3.23.